The number of aryl methyl sites for hydroxylation is 3. The van der Waals surface area contributed by atoms with Gasteiger partial charge in [-0.3, -0.25) is 4.79 Å². The Kier molecular flexibility index (Phi) is 3.98. The Morgan fingerprint density at radius 3 is 2.39 bits per heavy atom. The zero-order chi connectivity index (χ0) is 16.4. The Balaban J connectivity index is 1.84. The summed E-state index contributed by atoms with van der Waals surface area (Å²) in [5, 5.41) is 7.32. The summed E-state index contributed by atoms with van der Waals surface area (Å²) in [6, 6.07) is 17.4. The fraction of sp³-hybridized carbons (Fsp3) is 0.158. The molecule has 4 heteroatoms. The van der Waals surface area contributed by atoms with Crippen molar-refractivity contribution in [2.24, 2.45) is 0 Å². The van der Waals surface area contributed by atoms with Gasteiger partial charge in [0.1, 0.15) is 0 Å². The molecule has 0 bridgehead atoms. The molecule has 3 aromatic rings. The lowest BCUT2D eigenvalue weighted by molar-refractivity contribution is 0.102. The van der Waals surface area contributed by atoms with E-state index in [1.54, 1.807) is 10.7 Å². The predicted octanol–water partition coefficient (Wildman–Crippen LogP) is 4.05. The molecular weight excluding hydrogens is 286 g/mol. The van der Waals surface area contributed by atoms with Gasteiger partial charge in [0.25, 0.3) is 5.91 Å². The third-order valence-electron chi connectivity index (χ3n) is 3.89. The van der Waals surface area contributed by atoms with Crippen molar-refractivity contribution in [1.82, 2.24) is 9.78 Å². The second kappa shape index (κ2) is 6.08. The van der Waals surface area contributed by atoms with Crippen molar-refractivity contribution in [1.29, 1.82) is 0 Å². The van der Waals surface area contributed by atoms with Crippen LogP contribution in [0.15, 0.2) is 54.6 Å². The first kappa shape index (κ1) is 15.0. The fourth-order valence-corrected chi connectivity index (χ4v) is 2.43. The molecule has 0 radical (unpaired) electrons. The van der Waals surface area contributed by atoms with Gasteiger partial charge < -0.3 is 5.32 Å². The zero-order valence-corrected chi connectivity index (χ0v) is 13.5. The standard InChI is InChI=1S/C19H19N3O/c1-13-9-10-16(11-14(13)2)20-19(23)18-12-15(3)22(21-18)17-7-5-4-6-8-17/h4-12H,1-3H3,(H,20,23). The van der Waals surface area contributed by atoms with Crippen molar-refractivity contribution in [3.63, 3.8) is 0 Å². The summed E-state index contributed by atoms with van der Waals surface area (Å²) in [6.07, 6.45) is 0. The van der Waals surface area contributed by atoms with Crippen LogP contribution in [0, 0.1) is 20.8 Å². The number of hydrogen-bond donors (Lipinski definition) is 1. The van der Waals surface area contributed by atoms with E-state index < -0.39 is 0 Å². The highest BCUT2D eigenvalue weighted by Gasteiger charge is 2.13. The molecule has 1 amide bonds. The van der Waals surface area contributed by atoms with E-state index in [9.17, 15) is 4.79 Å². The molecule has 0 saturated heterocycles. The van der Waals surface area contributed by atoms with Gasteiger partial charge in [-0.2, -0.15) is 5.10 Å². The molecule has 1 N–H and O–H groups in total. The minimum Gasteiger partial charge on any atom is -0.321 e. The van der Waals surface area contributed by atoms with Crippen molar-refractivity contribution >= 4 is 11.6 Å². The largest absolute Gasteiger partial charge is 0.321 e. The van der Waals surface area contributed by atoms with Gasteiger partial charge >= 0.3 is 0 Å². The highest BCUT2D eigenvalue weighted by molar-refractivity contribution is 6.03. The van der Waals surface area contributed by atoms with Gasteiger partial charge in [0.2, 0.25) is 0 Å². The molecule has 0 atom stereocenters. The first-order valence-electron chi connectivity index (χ1n) is 7.55. The molecule has 116 valence electrons. The second-order valence-electron chi connectivity index (χ2n) is 5.67. The van der Waals surface area contributed by atoms with Gasteiger partial charge in [0.05, 0.1) is 5.69 Å². The van der Waals surface area contributed by atoms with Crippen molar-refractivity contribution in [3.05, 3.63) is 77.1 Å². The molecule has 2 aromatic carbocycles. The van der Waals surface area contributed by atoms with Crippen LogP contribution < -0.4 is 5.32 Å². The first-order valence-corrected chi connectivity index (χ1v) is 7.55. The fourth-order valence-electron chi connectivity index (χ4n) is 2.43. The number of anilines is 1. The van der Waals surface area contributed by atoms with Crippen LogP contribution in [0.4, 0.5) is 5.69 Å². The van der Waals surface area contributed by atoms with Crippen LogP contribution in [0.3, 0.4) is 0 Å². The summed E-state index contributed by atoms with van der Waals surface area (Å²) < 4.78 is 1.77. The van der Waals surface area contributed by atoms with Crippen LogP contribution in [-0.4, -0.2) is 15.7 Å². The maximum absolute atomic E-state index is 12.4. The van der Waals surface area contributed by atoms with E-state index >= 15 is 0 Å². The molecule has 0 unspecified atom stereocenters. The van der Waals surface area contributed by atoms with Crippen LogP contribution in [0.5, 0.6) is 0 Å². The van der Waals surface area contributed by atoms with E-state index in [2.05, 4.69) is 10.4 Å². The molecule has 0 aliphatic rings. The Hall–Kier alpha value is -2.88. The molecule has 1 aromatic heterocycles. The maximum Gasteiger partial charge on any atom is 0.276 e. The summed E-state index contributed by atoms with van der Waals surface area (Å²) >= 11 is 0. The Bertz CT molecular complexity index is 850. The highest BCUT2D eigenvalue weighted by Crippen LogP contribution is 2.16. The van der Waals surface area contributed by atoms with Gasteiger partial charge in [-0.05, 0) is 62.2 Å². The topological polar surface area (TPSA) is 46.9 Å². The van der Waals surface area contributed by atoms with Gasteiger partial charge in [-0.15, -0.1) is 0 Å². The number of carbonyl (C=O) groups excluding carboxylic acids is 1. The number of para-hydroxylation sites is 1. The monoisotopic (exact) mass is 305 g/mol. The van der Waals surface area contributed by atoms with E-state index in [-0.39, 0.29) is 5.91 Å². The van der Waals surface area contributed by atoms with Crippen molar-refractivity contribution in [3.8, 4) is 5.69 Å². The van der Waals surface area contributed by atoms with Gasteiger partial charge in [-0.1, -0.05) is 24.3 Å². The summed E-state index contributed by atoms with van der Waals surface area (Å²) in [5.41, 5.74) is 5.40. The quantitative estimate of drug-likeness (QED) is 0.793. The molecule has 3 rings (SSSR count). The number of aromatic nitrogens is 2. The SMILES string of the molecule is Cc1ccc(NC(=O)c2cc(C)n(-c3ccccc3)n2)cc1C. The van der Waals surface area contributed by atoms with Crippen molar-refractivity contribution in [2.75, 3.05) is 5.32 Å². The average molecular weight is 305 g/mol. The molecular formula is C19H19N3O. The molecule has 0 aliphatic carbocycles. The third-order valence-corrected chi connectivity index (χ3v) is 3.89. The van der Waals surface area contributed by atoms with Crippen LogP contribution in [0.1, 0.15) is 27.3 Å². The van der Waals surface area contributed by atoms with Crippen molar-refractivity contribution in [2.45, 2.75) is 20.8 Å². The lowest BCUT2D eigenvalue weighted by Gasteiger charge is -2.06. The number of carbonyl (C=O) groups is 1. The van der Waals surface area contributed by atoms with Gasteiger partial charge in [0.15, 0.2) is 5.69 Å². The van der Waals surface area contributed by atoms with E-state index in [0.717, 1.165) is 22.6 Å². The zero-order valence-electron chi connectivity index (χ0n) is 13.5. The van der Waals surface area contributed by atoms with E-state index in [1.165, 1.54) is 5.56 Å². The molecule has 0 spiro atoms. The van der Waals surface area contributed by atoms with Gasteiger partial charge in [0, 0.05) is 11.4 Å². The second-order valence-corrected chi connectivity index (χ2v) is 5.67. The van der Waals surface area contributed by atoms with E-state index in [4.69, 9.17) is 0 Å². The predicted molar refractivity (Wildman–Crippen MR) is 92.2 cm³/mol. The summed E-state index contributed by atoms with van der Waals surface area (Å²) in [6.45, 7) is 6.01. The number of nitrogens with one attached hydrogen (secondary N) is 1. The van der Waals surface area contributed by atoms with Gasteiger partial charge in [-0.25, -0.2) is 4.68 Å². The number of nitrogens with zero attached hydrogens (tertiary/aromatic N) is 2. The third kappa shape index (κ3) is 3.16. The number of benzene rings is 2. The minimum absolute atomic E-state index is 0.203. The Labute approximate surface area is 135 Å². The first-order chi connectivity index (χ1) is 11.0. The highest BCUT2D eigenvalue weighted by atomic mass is 16.1. The Morgan fingerprint density at radius 2 is 1.70 bits per heavy atom. The minimum atomic E-state index is -0.203. The number of rotatable bonds is 3. The number of hydrogen-bond acceptors (Lipinski definition) is 2. The lowest BCUT2D eigenvalue weighted by Crippen LogP contribution is -2.13. The van der Waals surface area contributed by atoms with Crippen molar-refractivity contribution < 1.29 is 4.79 Å². The normalized spacial score (nSPS) is 10.6. The van der Waals surface area contributed by atoms with E-state index in [1.807, 2.05) is 69.3 Å². The smallest absolute Gasteiger partial charge is 0.276 e. The molecule has 0 fully saturated rings. The average Bonchev–Trinajstić information content (AvgIpc) is 2.94. The van der Waals surface area contributed by atoms with Crippen LogP contribution in [-0.2, 0) is 0 Å². The summed E-state index contributed by atoms with van der Waals surface area (Å²) in [5.74, 6) is -0.203. The maximum atomic E-state index is 12.4. The van der Waals surface area contributed by atoms with Crippen LogP contribution >= 0.6 is 0 Å². The molecule has 4 nitrogen and oxygen atoms in total. The van der Waals surface area contributed by atoms with Crippen LogP contribution in [0.25, 0.3) is 5.69 Å². The van der Waals surface area contributed by atoms with Crippen LogP contribution in [0.2, 0.25) is 0 Å². The summed E-state index contributed by atoms with van der Waals surface area (Å²) in [4.78, 5) is 12.4. The Morgan fingerprint density at radius 1 is 0.957 bits per heavy atom. The molecule has 0 saturated carbocycles. The molecule has 23 heavy (non-hydrogen) atoms. The summed E-state index contributed by atoms with van der Waals surface area (Å²) in [7, 11) is 0. The number of amides is 1. The molecule has 0 aliphatic heterocycles. The lowest BCUT2D eigenvalue weighted by atomic mass is 10.1. The van der Waals surface area contributed by atoms with E-state index in [0.29, 0.717) is 5.69 Å². The molecule has 1 heterocycles.